The number of rotatable bonds is 0. The maximum Gasteiger partial charge on any atom is 0.0748 e. The van der Waals surface area contributed by atoms with E-state index in [0.29, 0.717) is 5.02 Å². The lowest BCUT2D eigenvalue weighted by atomic mass is 10.3. The first-order valence-electron chi connectivity index (χ1n) is 3.33. The minimum Gasteiger partial charge on any atom is -0.264 e. The van der Waals surface area contributed by atoms with Gasteiger partial charge in [-0.1, -0.05) is 11.6 Å². The fraction of sp³-hybridized carbons (Fsp3) is 0. The lowest BCUT2D eigenvalue weighted by molar-refractivity contribution is 1.32. The second-order valence-corrected chi connectivity index (χ2v) is 3.55. The van der Waals surface area contributed by atoms with Crippen LogP contribution in [0.15, 0.2) is 29.1 Å². The van der Waals surface area contributed by atoms with Crippen LogP contribution in [0, 0.1) is 0 Å². The third-order valence-electron chi connectivity index (χ3n) is 1.56. The number of hydrogen-bond donors (Lipinski definition) is 0. The first kappa shape index (κ1) is 7.95. The zero-order valence-electron chi connectivity index (χ0n) is 5.96. The van der Waals surface area contributed by atoms with Crippen molar-refractivity contribution in [2.75, 3.05) is 0 Å². The second kappa shape index (κ2) is 2.99. The molecule has 0 aliphatic rings. The highest BCUT2D eigenvalue weighted by atomic mass is 79.9. The summed E-state index contributed by atoms with van der Waals surface area (Å²) in [7, 11) is 0. The molecule has 0 radical (unpaired) electrons. The average Bonchev–Trinajstić information content (AvgIpc) is 2.12. The summed E-state index contributed by atoms with van der Waals surface area (Å²) in [6.07, 6.45) is 5.08. The van der Waals surface area contributed by atoms with E-state index in [1.54, 1.807) is 18.6 Å². The Morgan fingerprint density at radius 3 is 3.00 bits per heavy atom. The summed E-state index contributed by atoms with van der Waals surface area (Å²) in [4.78, 5) is 8.14. The highest BCUT2D eigenvalue weighted by molar-refractivity contribution is 9.10. The van der Waals surface area contributed by atoms with E-state index in [2.05, 4.69) is 25.9 Å². The maximum atomic E-state index is 6.00. The van der Waals surface area contributed by atoms with Crippen LogP contribution in [-0.2, 0) is 0 Å². The Labute approximate surface area is 82.7 Å². The Morgan fingerprint density at radius 1 is 1.33 bits per heavy atom. The molecule has 0 aliphatic heterocycles. The Balaban J connectivity index is 2.91. The third-order valence-corrected chi connectivity index (χ3v) is 2.80. The van der Waals surface area contributed by atoms with Crippen LogP contribution in [0.2, 0.25) is 5.02 Å². The average molecular weight is 243 g/mol. The molecule has 0 saturated carbocycles. The first-order chi connectivity index (χ1) is 5.79. The molecule has 0 spiro atoms. The van der Waals surface area contributed by atoms with Gasteiger partial charge in [0, 0.05) is 24.0 Å². The molecule has 0 fully saturated rings. The van der Waals surface area contributed by atoms with E-state index in [-0.39, 0.29) is 0 Å². The van der Waals surface area contributed by atoms with Crippen LogP contribution >= 0.6 is 27.5 Å². The standard InChI is InChI=1S/C8H4BrClN2/c9-6-4-12-7-1-2-11-3-5(7)8(6)10/h1-4H. The van der Waals surface area contributed by atoms with Gasteiger partial charge in [0.25, 0.3) is 0 Å². The molecule has 0 atom stereocenters. The lowest BCUT2D eigenvalue weighted by Gasteiger charge is -1.99. The number of hydrogen-bond acceptors (Lipinski definition) is 2. The van der Waals surface area contributed by atoms with Gasteiger partial charge in [0.2, 0.25) is 0 Å². The Kier molecular flexibility index (Phi) is 1.98. The summed E-state index contributed by atoms with van der Waals surface area (Å²) in [5, 5.41) is 1.53. The van der Waals surface area contributed by atoms with E-state index in [0.717, 1.165) is 15.4 Å². The van der Waals surface area contributed by atoms with E-state index in [1.807, 2.05) is 6.07 Å². The summed E-state index contributed by atoms with van der Waals surface area (Å²) >= 11 is 9.29. The molecule has 2 nitrogen and oxygen atoms in total. The molecule has 2 aromatic rings. The fourth-order valence-electron chi connectivity index (χ4n) is 0.980. The summed E-state index contributed by atoms with van der Waals surface area (Å²) in [5.74, 6) is 0. The molecule has 0 aliphatic carbocycles. The molecule has 2 heterocycles. The molecule has 0 amide bonds. The molecule has 60 valence electrons. The van der Waals surface area contributed by atoms with Crippen LogP contribution in [-0.4, -0.2) is 9.97 Å². The second-order valence-electron chi connectivity index (χ2n) is 2.31. The quantitative estimate of drug-likeness (QED) is 0.711. The number of pyridine rings is 2. The molecule has 0 N–H and O–H groups in total. The Hall–Kier alpha value is -0.670. The molecule has 4 heteroatoms. The van der Waals surface area contributed by atoms with Crippen molar-refractivity contribution < 1.29 is 0 Å². The normalized spacial score (nSPS) is 10.5. The van der Waals surface area contributed by atoms with E-state index in [1.165, 1.54) is 0 Å². The molecule has 12 heavy (non-hydrogen) atoms. The van der Waals surface area contributed by atoms with Gasteiger partial charge in [-0.25, -0.2) is 0 Å². The van der Waals surface area contributed by atoms with Crippen molar-refractivity contribution in [1.29, 1.82) is 0 Å². The number of aromatic nitrogens is 2. The molecule has 0 unspecified atom stereocenters. The SMILES string of the molecule is Clc1c(Br)cnc2ccncc12. The summed E-state index contributed by atoms with van der Waals surface area (Å²) in [6, 6.07) is 1.83. The molecular formula is C8H4BrClN2. The summed E-state index contributed by atoms with van der Waals surface area (Å²) in [6.45, 7) is 0. The first-order valence-corrected chi connectivity index (χ1v) is 4.50. The predicted molar refractivity (Wildman–Crippen MR) is 52.2 cm³/mol. The predicted octanol–water partition coefficient (Wildman–Crippen LogP) is 3.05. The smallest absolute Gasteiger partial charge is 0.0748 e. The van der Waals surface area contributed by atoms with Crippen molar-refractivity contribution in [2.45, 2.75) is 0 Å². The van der Waals surface area contributed by atoms with Crippen molar-refractivity contribution in [3.05, 3.63) is 34.2 Å². The van der Waals surface area contributed by atoms with Crippen molar-refractivity contribution in [2.24, 2.45) is 0 Å². The number of fused-ring (bicyclic) bond motifs is 1. The van der Waals surface area contributed by atoms with E-state index in [9.17, 15) is 0 Å². The van der Waals surface area contributed by atoms with Gasteiger partial charge < -0.3 is 0 Å². The van der Waals surface area contributed by atoms with Crippen molar-refractivity contribution in [3.63, 3.8) is 0 Å². The van der Waals surface area contributed by atoms with E-state index >= 15 is 0 Å². The third kappa shape index (κ3) is 1.19. The number of nitrogens with zero attached hydrogens (tertiary/aromatic N) is 2. The Bertz CT molecular complexity index is 430. The van der Waals surface area contributed by atoms with Crippen LogP contribution in [0.4, 0.5) is 0 Å². The molecule has 0 aromatic carbocycles. The van der Waals surface area contributed by atoms with Crippen molar-refractivity contribution >= 4 is 38.4 Å². The molecule has 0 saturated heterocycles. The van der Waals surface area contributed by atoms with Gasteiger partial charge in [-0.15, -0.1) is 0 Å². The van der Waals surface area contributed by atoms with Crippen molar-refractivity contribution in [3.8, 4) is 0 Å². The van der Waals surface area contributed by atoms with E-state index in [4.69, 9.17) is 11.6 Å². The van der Waals surface area contributed by atoms with Crippen LogP contribution in [0.1, 0.15) is 0 Å². The van der Waals surface area contributed by atoms with Crippen LogP contribution in [0.5, 0.6) is 0 Å². The Morgan fingerprint density at radius 2 is 2.17 bits per heavy atom. The topological polar surface area (TPSA) is 25.8 Å². The van der Waals surface area contributed by atoms with Gasteiger partial charge in [0.1, 0.15) is 0 Å². The summed E-state index contributed by atoms with van der Waals surface area (Å²) in [5.41, 5.74) is 0.859. The number of halogens is 2. The van der Waals surface area contributed by atoms with E-state index < -0.39 is 0 Å². The van der Waals surface area contributed by atoms with Gasteiger partial charge in [0.05, 0.1) is 15.0 Å². The molecule has 2 aromatic heterocycles. The molecular weight excluding hydrogens is 239 g/mol. The van der Waals surface area contributed by atoms with Gasteiger partial charge in [0.15, 0.2) is 0 Å². The fourth-order valence-corrected chi connectivity index (χ4v) is 1.49. The van der Waals surface area contributed by atoms with Gasteiger partial charge in [-0.05, 0) is 22.0 Å². The van der Waals surface area contributed by atoms with Crippen LogP contribution in [0.3, 0.4) is 0 Å². The molecule has 2 rings (SSSR count). The maximum absolute atomic E-state index is 6.00. The highest BCUT2D eigenvalue weighted by Gasteiger charge is 2.02. The van der Waals surface area contributed by atoms with Crippen molar-refractivity contribution in [1.82, 2.24) is 9.97 Å². The molecule has 0 bridgehead atoms. The monoisotopic (exact) mass is 242 g/mol. The van der Waals surface area contributed by atoms with Crippen LogP contribution < -0.4 is 0 Å². The van der Waals surface area contributed by atoms with Gasteiger partial charge >= 0.3 is 0 Å². The summed E-state index contributed by atoms with van der Waals surface area (Å²) < 4.78 is 0.796. The van der Waals surface area contributed by atoms with Gasteiger partial charge in [-0.3, -0.25) is 9.97 Å². The zero-order chi connectivity index (χ0) is 8.55. The zero-order valence-corrected chi connectivity index (χ0v) is 8.30. The minimum absolute atomic E-state index is 0.660. The largest absolute Gasteiger partial charge is 0.264 e. The van der Waals surface area contributed by atoms with Gasteiger partial charge in [-0.2, -0.15) is 0 Å². The minimum atomic E-state index is 0.660. The highest BCUT2D eigenvalue weighted by Crippen LogP contribution is 2.28. The van der Waals surface area contributed by atoms with Crippen LogP contribution in [0.25, 0.3) is 10.9 Å². The lowest BCUT2D eigenvalue weighted by Crippen LogP contribution is -1.81.